The third-order valence-electron chi connectivity index (χ3n) is 8.35. The highest BCUT2D eigenvalue weighted by atomic mass is 16.3. The van der Waals surface area contributed by atoms with E-state index in [1.807, 2.05) is 42.6 Å². The van der Waals surface area contributed by atoms with Gasteiger partial charge in [0.25, 0.3) is 0 Å². The fraction of sp³-hybridized carbons (Fsp3) is 0. The van der Waals surface area contributed by atoms with Crippen molar-refractivity contribution >= 4 is 60.9 Å². The van der Waals surface area contributed by atoms with E-state index in [0.717, 1.165) is 67.2 Å². The van der Waals surface area contributed by atoms with Gasteiger partial charge in [-0.3, -0.25) is 14.5 Å². The van der Waals surface area contributed by atoms with Crippen LogP contribution >= 0.6 is 0 Å². The summed E-state index contributed by atoms with van der Waals surface area (Å²) in [7, 11) is 0. The van der Waals surface area contributed by atoms with Crippen LogP contribution in [-0.4, -0.2) is 19.5 Å². The van der Waals surface area contributed by atoms with E-state index in [1.165, 1.54) is 10.8 Å². The Morgan fingerprint density at radius 1 is 0.578 bits per heavy atom. The molecule has 0 atom stereocenters. The minimum absolute atomic E-state index is 0.763. The van der Waals surface area contributed by atoms with Gasteiger partial charge in [0.05, 0.1) is 22.9 Å². The van der Waals surface area contributed by atoms with Crippen molar-refractivity contribution in [3.05, 3.63) is 152 Å². The van der Waals surface area contributed by atoms with Crippen molar-refractivity contribution in [2.75, 3.05) is 4.90 Å². The van der Waals surface area contributed by atoms with Crippen LogP contribution in [0.1, 0.15) is 0 Å². The molecule has 0 N–H and O–H groups in total. The molecule has 0 aliphatic carbocycles. The molecule has 9 aromatic rings. The van der Waals surface area contributed by atoms with Gasteiger partial charge in [-0.2, -0.15) is 0 Å². The van der Waals surface area contributed by atoms with Crippen molar-refractivity contribution in [1.82, 2.24) is 19.5 Å². The fourth-order valence-electron chi connectivity index (χ4n) is 6.37. The van der Waals surface area contributed by atoms with Crippen molar-refractivity contribution in [2.24, 2.45) is 0 Å². The molecule has 6 heteroatoms. The lowest BCUT2D eigenvalue weighted by Crippen LogP contribution is -2.12. The molecular weight excluding hydrogens is 554 g/mol. The molecule has 5 aromatic heterocycles. The SMILES string of the molecule is c1ccc(N(c2ccc3c4ccccc4n(-c4ccccn4)c3c2)c2cccc(-c3cccc4c3oc3cnccc34)n2)cc1. The standard InChI is InChI=1S/C39H25N5O/c1-2-10-26(11-3-1)43(27-19-20-29-28-12-4-5-16-34(28)44(35(29)24-27)37-17-6-7-22-41-37)38-18-9-15-33(42-38)32-14-8-13-31-30-21-23-40-25-36(30)45-39(31)32/h1-25H. The Balaban J connectivity index is 1.26. The van der Waals surface area contributed by atoms with E-state index >= 15 is 0 Å². The molecule has 0 bridgehead atoms. The molecule has 9 rings (SSSR count). The molecule has 0 saturated carbocycles. The summed E-state index contributed by atoms with van der Waals surface area (Å²) in [6.07, 6.45) is 5.40. The number of hydrogen-bond donors (Lipinski definition) is 0. The average molecular weight is 580 g/mol. The van der Waals surface area contributed by atoms with Gasteiger partial charge in [0.1, 0.15) is 17.2 Å². The summed E-state index contributed by atoms with van der Waals surface area (Å²) in [5.74, 6) is 1.68. The number of pyridine rings is 3. The van der Waals surface area contributed by atoms with Gasteiger partial charge in [-0.25, -0.2) is 9.97 Å². The zero-order valence-electron chi connectivity index (χ0n) is 24.1. The number of aromatic nitrogens is 4. The maximum Gasteiger partial charge on any atom is 0.153 e. The molecule has 6 nitrogen and oxygen atoms in total. The summed E-state index contributed by atoms with van der Waals surface area (Å²) in [5, 5.41) is 4.44. The molecule has 0 fully saturated rings. The Morgan fingerprint density at radius 3 is 2.31 bits per heavy atom. The number of fused-ring (bicyclic) bond motifs is 6. The van der Waals surface area contributed by atoms with E-state index in [0.29, 0.717) is 0 Å². The summed E-state index contributed by atoms with van der Waals surface area (Å²) in [5.41, 5.74) is 7.52. The Bertz CT molecular complexity index is 2500. The Morgan fingerprint density at radius 2 is 1.40 bits per heavy atom. The van der Waals surface area contributed by atoms with Crippen LogP contribution in [0.15, 0.2) is 156 Å². The maximum atomic E-state index is 6.32. The summed E-state index contributed by atoms with van der Waals surface area (Å²) < 4.78 is 8.55. The second kappa shape index (κ2) is 10.2. The van der Waals surface area contributed by atoms with E-state index in [1.54, 1.807) is 12.4 Å². The lowest BCUT2D eigenvalue weighted by atomic mass is 10.1. The number of nitrogens with zero attached hydrogens (tertiary/aromatic N) is 5. The largest absolute Gasteiger partial charge is 0.454 e. The third kappa shape index (κ3) is 4.07. The van der Waals surface area contributed by atoms with Gasteiger partial charge >= 0.3 is 0 Å². The number of anilines is 3. The van der Waals surface area contributed by atoms with Gasteiger partial charge in [-0.1, -0.05) is 66.7 Å². The van der Waals surface area contributed by atoms with Gasteiger partial charge in [0.15, 0.2) is 5.58 Å². The third-order valence-corrected chi connectivity index (χ3v) is 8.35. The van der Waals surface area contributed by atoms with Crippen molar-refractivity contribution in [3.8, 4) is 17.1 Å². The fourth-order valence-corrected chi connectivity index (χ4v) is 6.37. The average Bonchev–Trinajstić information content (AvgIpc) is 3.65. The van der Waals surface area contributed by atoms with Crippen LogP contribution in [-0.2, 0) is 0 Å². The van der Waals surface area contributed by atoms with Crippen molar-refractivity contribution in [3.63, 3.8) is 0 Å². The highest BCUT2D eigenvalue weighted by Crippen LogP contribution is 2.40. The maximum absolute atomic E-state index is 6.32. The number of benzene rings is 4. The topological polar surface area (TPSA) is 60.0 Å². The van der Waals surface area contributed by atoms with Crippen LogP contribution in [0.4, 0.5) is 17.2 Å². The quantitative estimate of drug-likeness (QED) is 0.203. The van der Waals surface area contributed by atoms with Crippen LogP contribution in [0.3, 0.4) is 0 Å². The first-order chi connectivity index (χ1) is 22.3. The monoisotopic (exact) mass is 579 g/mol. The summed E-state index contributed by atoms with van der Waals surface area (Å²) >= 11 is 0. The number of furan rings is 1. The summed E-state index contributed by atoms with van der Waals surface area (Å²) in [6.45, 7) is 0. The molecule has 4 aromatic carbocycles. The minimum Gasteiger partial charge on any atom is -0.454 e. The van der Waals surface area contributed by atoms with E-state index in [2.05, 4.69) is 112 Å². The number of hydrogen-bond acceptors (Lipinski definition) is 5. The molecule has 0 saturated heterocycles. The second-order valence-electron chi connectivity index (χ2n) is 11.0. The molecule has 0 unspecified atom stereocenters. The Labute approximate surface area is 258 Å². The van der Waals surface area contributed by atoms with Gasteiger partial charge in [0, 0.05) is 50.9 Å². The summed E-state index contributed by atoms with van der Waals surface area (Å²) in [4.78, 5) is 16.4. The predicted molar refractivity (Wildman–Crippen MR) is 182 cm³/mol. The molecule has 0 radical (unpaired) electrons. The Kier molecular flexibility index (Phi) is 5.71. The van der Waals surface area contributed by atoms with Crippen molar-refractivity contribution in [2.45, 2.75) is 0 Å². The normalized spacial score (nSPS) is 11.6. The van der Waals surface area contributed by atoms with Crippen LogP contribution < -0.4 is 4.90 Å². The molecule has 212 valence electrons. The lowest BCUT2D eigenvalue weighted by molar-refractivity contribution is 0.668. The van der Waals surface area contributed by atoms with Crippen LogP contribution in [0.2, 0.25) is 0 Å². The van der Waals surface area contributed by atoms with Gasteiger partial charge in [0.2, 0.25) is 0 Å². The molecule has 5 heterocycles. The first kappa shape index (κ1) is 25.2. The van der Waals surface area contributed by atoms with E-state index in [-0.39, 0.29) is 0 Å². The van der Waals surface area contributed by atoms with E-state index in [9.17, 15) is 0 Å². The van der Waals surface area contributed by atoms with Gasteiger partial charge < -0.3 is 4.42 Å². The lowest BCUT2D eigenvalue weighted by Gasteiger charge is -2.25. The Hall–Kier alpha value is -6.27. The molecule has 0 aliphatic rings. The van der Waals surface area contributed by atoms with Crippen molar-refractivity contribution < 1.29 is 4.42 Å². The highest BCUT2D eigenvalue weighted by molar-refractivity contribution is 6.11. The highest BCUT2D eigenvalue weighted by Gasteiger charge is 2.20. The molecule has 0 amide bonds. The molecule has 0 spiro atoms. The van der Waals surface area contributed by atoms with Crippen LogP contribution in [0.25, 0.3) is 60.8 Å². The number of para-hydroxylation sites is 3. The second-order valence-corrected chi connectivity index (χ2v) is 11.0. The minimum atomic E-state index is 0.763. The van der Waals surface area contributed by atoms with Crippen LogP contribution in [0.5, 0.6) is 0 Å². The van der Waals surface area contributed by atoms with E-state index < -0.39 is 0 Å². The van der Waals surface area contributed by atoms with Crippen LogP contribution in [0, 0.1) is 0 Å². The predicted octanol–water partition coefficient (Wildman–Crippen LogP) is 10.0. The smallest absolute Gasteiger partial charge is 0.153 e. The molecule has 0 aliphatic heterocycles. The summed E-state index contributed by atoms with van der Waals surface area (Å²) in [6, 6.07) is 45.8. The van der Waals surface area contributed by atoms with Gasteiger partial charge in [-0.05, 0) is 66.7 Å². The van der Waals surface area contributed by atoms with E-state index in [4.69, 9.17) is 14.4 Å². The molecular formula is C39H25N5O. The number of rotatable bonds is 5. The van der Waals surface area contributed by atoms with Gasteiger partial charge in [-0.15, -0.1) is 0 Å². The zero-order valence-corrected chi connectivity index (χ0v) is 24.1. The first-order valence-corrected chi connectivity index (χ1v) is 14.9. The first-order valence-electron chi connectivity index (χ1n) is 14.9. The van der Waals surface area contributed by atoms with Crippen molar-refractivity contribution in [1.29, 1.82) is 0 Å². The molecule has 45 heavy (non-hydrogen) atoms. The zero-order chi connectivity index (χ0) is 29.7.